The molecule has 0 saturated heterocycles. The average molecular weight is 258 g/mol. The number of alkyl halides is 3. The smallest absolute Gasteiger partial charge is 0.401 e. The van der Waals surface area contributed by atoms with Crippen LogP contribution in [0.3, 0.4) is 0 Å². The molecule has 1 aromatic heterocycles. The van der Waals surface area contributed by atoms with Crippen molar-refractivity contribution in [3.63, 3.8) is 0 Å². The van der Waals surface area contributed by atoms with E-state index in [9.17, 15) is 13.2 Å². The third kappa shape index (κ3) is 3.46. The van der Waals surface area contributed by atoms with Gasteiger partial charge in [-0.2, -0.15) is 13.2 Å². The van der Waals surface area contributed by atoms with Crippen LogP contribution in [0.5, 0.6) is 0 Å². The van der Waals surface area contributed by atoms with Crippen LogP contribution >= 0.6 is 0 Å². The summed E-state index contributed by atoms with van der Waals surface area (Å²) >= 11 is 0. The van der Waals surface area contributed by atoms with Crippen molar-refractivity contribution in [2.45, 2.75) is 19.5 Å². The Hall–Kier alpha value is -1.56. The molecule has 0 fully saturated rings. The number of rotatable bonds is 4. The predicted octanol–water partition coefficient (Wildman–Crippen LogP) is 2.83. The molecular formula is C12H13F3N2O. The van der Waals surface area contributed by atoms with E-state index in [1.165, 1.54) is 0 Å². The lowest BCUT2D eigenvalue weighted by atomic mass is 10.1. The number of nitrogens with one attached hydrogen (secondary N) is 1. The van der Waals surface area contributed by atoms with Crippen LogP contribution in [-0.4, -0.2) is 24.2 Å². The van der Waals surface area contributed by atoms with Crippen molar-refractivity contribution in [1.29, 1.82) is 0 Å². The molecule has 3 nitrogen and oxygen atoms in total. The van der Waals surface area contributed by atoms with Crippen molar-refractivity contribution in [2.75, 3.05) is 13.1 Å². The van der Waals surface area contributed by atoms with E-state index in [1.54, 1.807) is 6.92 Å². The first-order valence-corrected chi connectivity index (χ1v) is 5.57. The van der Waals surface area contributed by atoms with Gasteiger partial charge in [0.05, 0.1) is 6.54 Å². The fourth-order valence-corrected chi connectivity index (χ4v) is 1.70. The van der Waals surface area contributed by atoms with Gasteiger partial charge in [-0.05, 0) is 30.7 Å². The highest BCUT2D eigenvalue weighted by Gasteiger charge is 2.25. The number of benzene rings is 1. The summed E-state index contributed by atoms with van der Waals surface area (Å²) < 4.78 is 41.1. The van der Waals surface area contributed by atoms with Crippen molar-refractivity contribution < 1.29 is 17.6 Å². The molecule has 1 N–H and O–H groups in total. The summed E-state index contributed by atoms with van der Waals surface area (Å²) in [4.78, 5) is 4.15. The molecule has 0 amide bonds. The van der Waals surface area contributed by atoms with Gasteiger partial charge in [-0.3, -0.25) is 0 Å². The minimum absolute atomic E-state index is 0.276. The van der Waals surface area contributed by atoms with Crippen molar-refractivity contribution in [3.05, 3.63) is 29.7 Å². The highest BCUT2D eigenvalue weighted by atomic mass is 19.4. The second kappa shape index (κ2) is 4.97. The van der Waals surface area contributed by atoms with Crippen LogP contribution in [0.1, 0.15) is 11.5 Å². The number of fused-ring (bicyclic) bond motifs is 1. The zero-order valence-electron chi connectivity index (χ0n) is 9.84. The lowest BCUT2D eigenvalue weighted by Gasteiger charge is -2.07. The summed E-state index contributed by atoms with van der Waals surface area (Å²) in [5, 5.41) is 2.36. The van der Waals surface area contributed by atoms with Crippen LogP contribution < -0.4 is 5.32 Å². The molecule has 18 heavy (non-hydrogen) atoms. The fourth-order valence-electron chi connectivity index (χ4n) is 1.70. The number of hydrogen-bond acceptors (Lipinski definition) is 3. The molecule has 2 rings (SSSR count). The van der Waals surface area contributed by atoms with Crippen LogP contribution in [0.4, 0.5) is 13.2 Å². The standard InChI is InChI=1S/C12H13F3N2O/c1-8-17-10-3-2-9(6-11(10)18-8)4-5-16-7-12(13,14)15/h2-3,6,16H,4-5,7H2,1H3. The monoisotopic (exact) mass is 258 g/mol. The number of halogens is 3. The summed E-state index contributed by atoms with van der Waals surface area (Å²) in [7, 11) is 0. The molecule has 0 aliphatic rings. The van der Waals surface area contributed by atoms with Crippen LogP contribution in [-0.2, 0) is 6.42 Å². The molecule has 0 radical (unpaired) electrons. The number of aromatic nitrogens is 1. The van der Waals surface area contributed by atoms with Gasteiger partial charge in [0.1, 0.15) is 5.52 Å². The van der Waals surface area contributed by atoms with Gasteiger partial charge in [-0.15, -0.1) is 0 Å². The Morgan fingerprint density at radius 2 is 2.11 bits per heavy atom. The van der Waals surface area contributed by atoms with Gasteiger partial charge >= 0.3 is 6.18 Å². The van der Waals surface area contributed by atoms with Crippen LogP contribution in [0.2, 0.25) is 0 Å². The van der Waals surface area contributed by atoms with E-state index in [-0.39, 0.29) is 6.54 Å². The highest BCUT2D eigenvalue weighted by molar-refractivity contribution is 5.73. The summed E-state index contributed by atoms with van der Waals surface area (Å²) in [5.41, 5.74) is 2.36. The van der Waals surface area contributed by atoms with Gasteiger partial charge in [0.25, 0.3) is 0 Å². The zero-order chi connectivity index (χ0) is 13.2. The third-order valence-corrected chi connectivity index (χ3v) is 2.48. The topological polar surface area (TPSA) is 38.1 Å². The molecule has 1 heterocycles. The average Bonchev–Trinajstić information content (AvgIpc) is 2.62. The number of nitrogens with zero attached hydrogens (tertiary/aromatic N) is 1. The molecule has 0 aliphatic heterocycles. The lowest BCUT2D eigenvalue weighted by Crippen LogP contribution is -2.30. The number of hydrogen-bond donors (Lipinski definition) is 1. The SMILES string of the molecule is Cc1nc2ccc(CCNCC(F)(F)F)cc2o1. The van der Waals surface area contributed by atoms with E-state index in [2.05, 4.69) is 10.3 Å². The van der Waals surface area contributed by atoms with E-state index in [4.69, 9.17) is 4.42 Å². The van der Waals surface area contributed by atoms with E-state index in [0.717, 1.165) is 11.1 Å². The van der Waals surface area contributed by atoms with Crippen molar-refractivity contribution in [1.82, 2.24) is 10.3 Å². The zero-order valence-corrected chi connectivity index (χ0v) is 9.84. The summed E-state index contributed by atoms with van der Waals surface area (Å²) in [6.07, 6.45) is -3.64. The fraction of sp³-hybridized carbons (Fsp3) is 0.417. The van der Waals surface area contributed by atoms with Gasteiger partial charge in [0.15, 0.2) is 11.5 Å². The van der Waals surface area contributed by atoms with Gasteiger partial charge in [0, 0.05) is 6.92 Å². The minimum atomic E-state index is -4.16. The first-order chi connectivity index (χ1) is 8.44. The first-order valence-electron chi connectivity index (χ1n) is 5.57. The second-order valence-corrected chi connectivity index (χ2v) is 4.08. The van der Waals surface area contributed by atoms with Gasteiger partial charge in [-0.1, -0.05) is 6.07 Å². The van der Waals surface area contributed by atoms with Crippen LogP contribution in [0.25, 0.3) is 11.1 Å². The Balaban J connectivity index is 1.91. The Labute approximate surface area is 102 Å². The maximum Gasteiger partial charge on any atom is 0.401 e. The molecule has 0 saturated carbocycles. The molecule has 6 heteroatoms. The van der Waals surface area contributed by atoms with Crippen LogP contribution in [0, 0.1) is 6.92 Å². The van der Waals surface area contributed by atoms with E-state index in [1.807, 2.05) is 18.2 Å². The normalized spacial score (nSPS) is 12.2. The van der Waals surface area contributed by atoms with Gasteiger partial charge in [0.2, 0.25) is 0 Å². The summed E-state index contributed by atoms with van der Waals surface area (Å²) in [6.45, 7) is 1.07. The van der Waals surface area contributed by atoms with E-state index < -0.39 is 12.7 Å². The molecule has 0 bridgehead atoms. The molecule has 1 aromatic carbocycles. The molecule has 0 unspecified atom stereocenters. The Bertz CT molecular complexity index is 534. The van der Waals surface area contributed by atoms with Crippen molar-refractivity contribution >= 4 is 11.1 Å². The first kappa shape index (κ1) is 12.9. The second-order valence-electron chi connectivity index (χ2n) is 4.08. The van der Waals surface area contributed by atoms with Gasteiger partial charge in [-0.25, -0.2) is 4.98 Å². The Morgan fingerprint density at radius 3 is 2.83 bits per heavy atom. The summed E-state index contributed by atoms with van der Waals surface area (Å²) in [6, 6.07) is 5.47. The largest absolute Gasteiger partial charge is 0.441 e. The molecule has 0 spiro atoms. The van der Waals surface area contributed by atoms with Crippen molar-refractivity contribution in [3.8, 4) is 0 Å². The van der Waals surface area contributed by atoms with Crippen molar-refractivity contribution in [2.24, 2.45) is 0 Å². The maximum atomic E-state index is 11.9. The number of aryl methyl sites for hydroxylation is 1. The Morgan fingerprint density at radius 1 is 1.33 bits per heavy atom. The maximum absolute atomic E-state index is 11.9. The van der Waals surface area contributed by atoms with Gasteiger partial charge < -0.3 is 9.73 Å². The summed E-state index contributed by atoms with van der Waals surface area (Å²) in [5.74, 6) is 0.581. The third-order valence-electron chi connectivity index (χ3n) is 2.48. The molecule has 0 aliphatic carbocycles. The molecule has 98 valence electrons. The molecule has 2 aromatic rings. The molecular weight excluding hydrogens is 245 g/mol. The lowest BCUT2D eigenvalue weighted by molar-refractivity contribution is -0.124. The highest BCUT2D eigenvalue weighted by Crippen LogP contribution is 2.17. The van der Waals surface area contributed by atoms with E-state index >= 15 is 0 Å². The Kier molecular flexibility index (Phi) is 3.56. The molecule has 0 atom stereocenters. The number of oxazole rings is 1. The predicted molar refractivity (Wildman–Crippen MR) is 61.4 cm³/mol. The van der Waals surface area contributed by atoms with E-state index in [0.29, 0.717) is 17.9 Å². The van der Waals surface area contributed by atoms with Crippen LogP contribution in [0.15, 0.2) is 22.6 Å². The quantitative estimate of drug-likeness (QED) is 0.857. The minimum Gasteiger partial charge on any atom is -0.441 e.